The van der Waals surface area contributed by atoms with Crippen LogP contribution in [0.5, 0.6) is 5.75 Å². The molecule has 3 heterocycles. The second kappa shape index (κ2) is 7.23. The highest BCUT2D eigenvalue weighted by Gasteiger charge is 2.36. The van der Waals surface area contributed by atoms with Gasteiger partial charge in [-0.05, 0) is 12.1 Å². The van der Waals surface area contributed by atoms with E-state index in [0.717, 1.165) is 17.8 Å². The SMILES string of the molecule is Cn1nc(-c2ccccc2)cc1C(=O)N1CC(Oc2ccnc(C(F)(F)F)c2)C1. The molecule has 0 bridgehead atoms. The Balaban J connectivity index is 1.39. The molecule has 0 radical (unpaired) electrons. The zero-order valence-corrected chi connectivity index (χ0v) is 15.4. The van der Waals surface area contributed by atoms with Crippen LogP contribution in [-0.4, -0.2) is 44.8 Å². The summed E-state index contributed by atoms with van der Waals surface area (Å²) in [7, 11) is 1.70. The Morgan fingerprint density at radius 1 is 1.14 bits per heavy atom. The molecule has 1 fully saturated rings. The quantitative estimate of drug-likeness (QED) is 0.671. The van der Waals surface area contributed by atoms with Crippen molar-refractivity contribution in [3.05, 3.63) is 66.1 Å². The first kappa shape index (κ1) is 19.0. The number of likely N-dealkylation sites (tertiary alicyclic amines) is 1. The third-order valence-corrected chi connectivity index (χ3v) is 4.63. The first-order valence-electron chi connectivity index (χ1n) is 8.90. The van der Waals surface area contributed by atoms with E-state index in [1.54, 1.807) is 18.0 Å². The van der Waals surface area contributed by atoms with Gasteiger partial charge in [0.2, 0.25) is 0 Å². The van der Waals surface area contributed by atoms with Gasteiger partial charge >= 0.3 is 6.18 Å². The summed E-state index contributed by atoms with van der Waals surface area (Å²) >= 11 is 0. The third kappa shape index (κ3) is 3.94. The van der Waals surface area contributed by atoms with E-state index in [0.29, 0.717) is 11.4 Å². The van der Waals surface area contributed by atoms with E-state index in [2.05, 4.69) is 10.1 Å². The molecular formula is C20H17F3N4O2. The third-order valence-electron chi connectivity index (χ3n) is 4.63. The Morgan fingerprint density at radius 3 is 2.55 bits per heavy atom. The Kier molecular flexibility index (Phi) is 4.73. The van der Waals surface area contributed by atoms with Gasteiger partial charge in [0.15, 0.2) is 0 Å². The fourth-order valence-electron chi connectivity index (χ4n) is 3.09. The Hall–Kier alpha value is -3.36. The molecule has 9 heteroatoms. The average molecular weight is 402 g/mol. The number of nitrogens with zero attached hydrogens (tertiary/aromatic N) is 4. The van der Waals surface area contributed by atoms with Crippen molar-refractivity contribution in [1.82, 2.24) is 19.7 Å². The molecule has 1 amide bonds. The number of aryl methyl sites for hydroxylation is 1. The van der Waals surface area contributed by atoms with Gasteiger partial charge in [-0.3, -0.25) is 14.5 Å². The largest absolute Gasteiger partial charge is 0.487 e. The van der Waals surface area contributed by atoms with Gasteiger partial charge in [0, 0.05) is 24.9 Å². The number of alkyl halides is 3. The van der Waals surface area contributed by atoms with Crippen molar-refractivity contribution < 1.29 is 22.7 Å². The number of carbonyl (C=O) groups is 1. The van der Waals surface area contributed by atoms with Crippen LogP contribution in [0.15, 0.2) is 54.7 Å². The monoisotopic (exact) mass is 402 g/mol. The van der Waals surface area contributed by atoms with Gasteiger partial charge < -0.3 is 9.64 Å². The molecule has 29 heavy (non-hydrogen) atoms. The summed E-state index contributed by atoms with van der Waals surface area (Å²) in [4.78, 5) is 17.6. The summed E-state index contributed by atoms with van der Waals surface area (Å²) in [5, 5.41) is 4.39. The molecule has 0 unspecified atom stereocenters. The first-order valence-corrected chi connectivity index (χ1v) is 8.90. The van der Waals surface area contributed by atoms with Crippen molar-refractivity contribution in [2.45, 2.75) is 12.3 Å². The number of halogens is 3. The van der Waals surface area contributed by atoms with E-state index in [1.165, 1.54) is 10.7 Å². The van der Waals surface area contributed by atoms with Crippen molar-refractivity contribution in [3.63, 3.8) is 0 Å². The van der Waals surface area contributed by atoms with Crippen LogP contribution >= 0.6 is 0 Å². The number of benzene rings is 1. The van der Waals surface area contributed by atoms with Crippen molar-refractivity contribution in [1.29, 1.82) is 0 Å². The summed E-state index contributed by atoms with van der Waals surface area (Å²) in [6.45, 7) is 0.572. The molecule has 6 nitrogen and oxygen atoms in total. The lowest BCUT2D eigenvalue weighted by Crippen LogP contribution is -2.56. The number of carbonyl (C=O) groups excluding carboxylic acids is 1. The fourth-order valence-corrected chi connectivity index (χ4v) is 3.09. The zero-order valence-electron chi connectivity index (χ0n) is 15.4. The second-order valence-electron chi connectivity index (χ2n) is 6.73. The number of pyridine rings is 1. The molecule has 150 valence electrons. The minimum Gasteiger partial charge on any atom is -0.487 e. The number of rotatable bonds is 4. The lowest BCUT2D eigenvalue weighted by molar-refractivity contribution is -0.141. The molecule has 0 spiro atoms. The van der Waals surface area contributed by atoms with Gasteiger partial charge in [-0.1, -0.05) is 30.3 Å². The van der Waals surface area contributed by atoms with Crippen molar-refractivity contribution in [2.24, 2.45) is 7.05 Å². The summed E-state index contributed by atoms with van der Waals surface area (Å²) < 4.78 is 45.3. The molecule has 0 atom stereocenters. The molecule has 1 aromatic carbocycles. The number of aromatic nitrogens is 3. The highest BCUT2D eigenvalue weighted by Crippen LogP contribution is 2.30. The molecule has 1 aliphatic rings. The van der Waals surface area contributed by atoms with Gasteiger partial charge in [0.25, 0.3) is 5.91 Å². The molecule has 4 rings (SSSR count). The zero-order chi connectivity index (χ0) is 20.6. The summed E-state index contributed by atoms with van der Waals surface area (Å²) in [5.74, 6) is -0.121. The van der Waals surface area contributed by atoms with Crippen LogP contribution in [0, 0.1) is 0 Å². The molecular weight excluding hydrogens is 385 g/mol. The van der Waals surface area contributed by atoms with E-state index in [-0.39, 0.29) is 30.9 Å². The Labute approximate surface area is 164 Å². The van der Waals surface area contributed by atoms with Crippen molar-refractivity contribution in [3.8, 4) is 17.0 Å². The van der Waals surface area contributed by atoms with Crippen LogP contribution < -0.4 is 4.74 Å². The Bertz CT molecular complexity index is 1030. The minimum absolute atomic E-state index is 0.0799. The minimum atomic E-state index is -4.53. The van der Waals surface area contributed by atoms with Crippen LogP contribution in [0.1, 0.15) is 16.2 Å². The topological polar surface area (TPSA) is 60.2 Å². The smallest absolute Gasteiger partial charge is 0.433 e. The molecule has 3 aromatic rings. The van der Waals surface area contributed by atoms with E-state index >= 15 is 0 Å². The maximum Gasteiger partial charge on any atom is 0.433 e. The van der Waals surface area contributed by atoms with Gasteiger partial charge in [-0.15, -0.1) is 0 Å². The summed E-state index contributed by atoms with van der Waals surface area (Å²) in [6, 6.07) is 13.5. The molecule has 0 saturated carbocycles. The van der Waals surface area contributed by atoms with Crippen molar-refractivity contribution >= 4 is 5.91 Å². The number of ether oxygens (including phenoxy) is 1. The van der Waals surface area contributed by atoms with Crippen LogP contribution in [0.3, 0.4) is 0 Å². The number of hydrogen-bond acceptors (Lipinski definition) is 4. The van der Waals surface area contributed by atoms with E-state index < -0.39 is 11.9 Å². The average Bonchev–Trinajstić information content (AvgIpc) is 3.06. The van der Waals surface area contributed by atoms with Crippen LogP contribution in [0.25, 0.3) is 11.3 Å². The molecule has 1 saturated heterocycles. The summed E-state index contributed by atoms with van der Waals surface area (Å²) in [5.41, 5.74) is 1.03. The lowest BCUT2D eigenvalue weighted by atomic mass is 10.1. The van der Waals surface area contributed by atoms with Gasteiger partial charge in [0.1, 0.15) is 23.2 Å². The van der Waals surface area contributed by atoms with E-state index in [9.17, 15) is 18.0 Å². The first-order chi connectivity index (χ1) is 13.8. The maximum atomic E-state index is 12.7. The van der Waals surface area contributed by atoms with Crippen LogP contribution in [0.4, 0.5) is 13.2 Å². The predicted molar refractivity (Wildman–Crippen MR) is 98.2 cm³/mol. The highest BCUT2D eigenvalue weighted by molar-refractivity contribution is 5.94. The van der Waals surface area contributed by atoms with E-state index in [1.807, 2.05) is 30.3 Å². The van der Waals surface area contributed by atoms with Crippen LogP contribution in [0.2, 0.25) is 0 Å². The van der Waals surface area contributed by atoms with Gasteiger partial charge in [-0.25, -0.2) is 0 Å². The standard InChI is InChI=1S/C20H17F3N4O2/c1-26-17(10-16(25-26)13-5-3-2-4-6-13)19(28)27-11-15(12-27)29-14-7-8-24-18(9-14)20(21,22)23/h2-10,15H,11-12H2,1H3. The lowest BCUT2D eigenvalue weighted by Gasteiger charge is -2.38. The van der Waals surface area contributed by atoms with Crippen LogP contribution in [-0.2, 0) is 13.2 Å². The highest BCUT2D eigenvalue weighted by atomic mass is 19.4. The normalized spacial score (nSPS) is 14.6. The maximum absolute atomic E-state index is 12.7. The second-order valence-corrected chi connectivity index (χ2v) is 6.73. The molecule has 1 aliphatic heterocycles. The van der Waals surface area contributed by atoms with Gasteiger partial charge in [0.05, 0.1) is 18.8 Å². The Morgan fingerprint density at radius 2 is 1.86 bits per heavy atom. The molecule has 2 aromatic heterocycles. The fraction of sp³-hybridized carbons (Fsp3) is 0.250. The molecule has 0 aliphatic carbocycles. The van der Waals surface area contributed by atoms with Crippen molar-refractivity contribution in [2.75, 3.05) is 13.1 Å². The summed E-state index contributed by atoms with van der Waals surface area (Å²) in [6.07, 6.45) is -3.85. The molecule has 0 N–H and O–H groups in total. The van der Waals surface area contributed by atoms with Gasteiger partial charge in [-0.2, -0.15) is 18.3 Å². The van der Waals surface area contributed by atoms with E-state index in [4.69, 9.17) is 4.74 Å². The number of amides is 1. The predicted octanol–water partition coefficient (Wildman–Crippen LogP) is 3.40. The number of hydrogen-bond donors (Lipinski definition) is 0.